The molecule has 4 aliphatic rings. The number of pyridine rings is 1. The Morgan fingerprint density at radius 1 is 0.933 bits per heavy atom. The Kier molecular flexibility index (Phi) is 11.4. The summed E-state index contributed by atoms with van der Waals surface area (Å²) in [6, 6.07) is 6.46. The fraction of sp³-hybridized carbons (Fsp3) is 0.390. The third-order valence-electron chi connectivity index (χ3n) is 11.5. The monoisotopic (exact) mass is 834 g/mol. The maximum atomic E-state index is 16.1. The van der Waals surface area contributed by atoms with Gasteiger partial charge in [0.25, 0.3) is 17.7 Å². The molecule has 2 fully saturated rings. The highest BCUT2D eigenvalue weighted by Crippen LogP contribution is 2.38. The van der Waals surface area contributed by atoms with E-state index in [1.54, 1.807) is 23.1 Å². The maximum absolute atomic E-state index is 16.1. The number of nitrogens with one attached hydrogen (secondary N) is 4. The predicted octanol–water partition coefficient (Wildman–Crippen LogP) is 3.83. The van der Waals surface area contributed by atoms with Gasteiger partial charge in [0.05, 0.1) is 33.6 Å². The number of piperazine rings is 1. The number of aromatic amines is 1. The maximum Gasteiger partial charge on any atom is 0.417 e. The molecule has 316 valence electrons. The van der Waals surface area contributed by atoms with Crippen LogP contribution < -0.4 is 26.4 Å². The topological polar surface area (TPSA) is 184 Å². The average molecular weight is 835 g/mol. The lowest BCUT2D eigenvalue weighted by Crippen LogP contribution is -2.55. The lowest BCUT2D eigenvalue weighted by Gasteiger charge is -2.44. The number of fused-ring (bicyclic) bond motifs is 1. The highest BCUT2D eigenvalue weighted by Gasteiger charge is 2.46. The molecule has 3 aromatic rings. The van der Waals surface area contributed by atoms with E-state index in [0.29, 0.717) is 36.6 Å². The Balaban J connectivity index is 1.06. The van der Waals surface area contributed by atoms with Gasteiger partial charge in [0.2, 0.25) is 23.3 Å². The molecule has 0 aliphatic carbocycles. The van der Waals surface area contributed by atoms with Crippen LogP contribution in [-0.4, -0.2) is 113 Å². The van der Waals surface area contributed by atoms with Gasteiger partial charge in [-0.2, -0.15) is 13.2 Å². The first-order valence-electron chi connectivity index (χ1n) is 19.4. The van der Waals surface area contributed by atoms with E-state index in [2.05, 4.69) is 25.8 Å². The molecule has 0 bridgehead atoms. The molecule has 15 nitrogen and oxygen atoms in total. The number of carbonyl (C=O) groups is 6. The number of nitrogens with zero attached hydrogens (tertiary/aromatic N) is 4. The van der Waals surface area contributed by atoms with E-state index in [-0.39, 0.29) is 91.4 Å². The van der Waals surface area contributed by atoms with Gasteiger partial charge in [0, 0.05) is 81.2 Å². The second kappa shape index (κ2) is 16.4. The van der Waals surface area contributed by atoms with Crippen molar-refractivity contribution in [2.24, 2.45) is 0 Å². The third-order valence-corrected chi connectivity index (χ3v) is 11.5. The summed E-state index contributed by atoms with van der Waals surface area (Å²) in [6.45, 7) is 5.21. The van der Waals surface area contributed by atoms with Gasteiger partial charge in [-0.05, 0) is 63.6 Å². The van der Waals surface area contributed by atoms with Gasteiger partial charge < -0.3 is 25.4 Å². The first-order chi connectivity index (χ1) is 28.4. The van der Waals surface area contributed by atoms with Crippen molar-refractivity contribution in [2.45, 2.75) is 63.8 Å². The number of anilines is 3. The number of imide groups is 2. The molecular formula is C41H42F4N8O7. The minimum Gasteiger partial charge on any atom is -0.384 e. The fourth-order valence-corrected chi connectivity index (χ4v) is 8.12. The smallest absolute Gasteiger partial charge is 0.384 e. The molecule has 6 amide bonds. The van der Waals surface area contributed by atoms with Crippen LogP contribution >= 0.6 is 0 Å². The Morgan fingerprint density at radius 2 is 1.67 bits per heavy atom. The number of benzene rings is 2. The number of aromatic nitrogens is 1. The molecule has 7 rings (SSSR count). The van der Waals surface area contributed by atoms with Gasteiger partial charge in [0.15, 0.2) is 0 Å². The molecule has 2 aromatic carbocycles. The zero-order valence-corrected chi connectivity index (χ0v) is 32.9. The van der Waals surface area contributed by atoms with Crippen molar-refractivity contribution < 1.29 is 46.3 Å². The summed E-state index contributed by atoms with van der Waals surface area (Å²) < 4.78 is 57.8. The molecule has 0 saturated carbocycles. The standard InChI is InChI=1S/C41H42F4N8O7/c1-21-19-52(20-22(2)50(21)3)32-17-28(42)25(15-30(32)48-37(57)26-18-47-34(55)16-27(26)41(43,44)45)23-10-13-51(14-11-23)35(56)9-12-46-29-6-4-5-24-36(29)40(60)53(39(24)59)31-7-8-33(54)49-38(31)58/h4-6,10,15-18,21-22,31,46H,7-9,11-14,19-20H2,1-3H3,(H,47,55)(H,48,57)(H,49,54,58)/t21-,22+,31?. The van der Waals surface area contributed by atoms with E-state index in [0.717, 1.165) is 4.90 Å². The van der Waals surface area contributed by atoms with Crippen LogP contribution in [0, 0.1) is 5.82 Å². The summed E-state index contributed by atoms with van der Waals surface area (Å²) in [5, 5.41) is 7.77. The molecule has 2 saturated heterocycles. The number of amides is 6. The number of carbonyl (C=O) groups excluding carboxylic acids is 6. The summed E-state index contributed by atoms with van der Waals surface area (Å²) >= 11 is 0. The van der Waals surface area contributed by atoms with Crippen LogP contribution in [0.25, 0.3) is 5.57 Å². The number of likely N-dealkylation sites (N-methyl/N-ethyl adjacent to an activating group) is 1. The summed E-state index contributed by atoms with van der Waals surface area (Å²) in [6.07, 6.45) is -2.46. The minimum absolute atomic E-state index is 0.00864. The number of alkyl halides is 3. The van der Waals surface area contributed by atoms with Crippen LogP contribution in [0.5, 0.6) is 0 Å². The molecule has 19 heteroatoms. The molecule has 5 heterocycles. The molecular weight excluding hydrogens is 792 g/mol. The number of H-pyrrole nitrogens is 1. The van der Waals surface area contributed by atoms with Crippen molar-refractivity contribution in [3.8, 4) is 0 Å². The molecule has 1 aromatic heterocycles. The van der Waals surface area contributed by atoms with Crippen molar-refractivity contribution in [2.75, 3.05) is 55.3 Å². The highest BCUT2D eigenvalue weighted by molar-refractivity contribution is 6.25. The van der Waals surface area contributed by atoms with Crippen molar-refractivity contribution in [1.82, 2.24) is 25.0 Å². The normalized spacial score (nSPS) is 21.1. The van der Waals surface area contributed by atoms with Crippen LogP contribution in [0.3, 0.4) is 0 Å². The summed E-state index contributed by atoms with van der Waals surface area (Å²) in [5.74, 6) is -4.61. The summed E-state index contributed by atoms with van der Waals surface area (Å²) in [7, 11) is 1.95. The van der Waals surface area contributed by atoms with E-state index in [9.17, 15) is 46.7 Å². The van der Waals surface area contributed by atoms with Crippen LogP contribution in [0.15, 0.2) is 53.5 Å². The molecule has 0 radical (unpaired) electrons. The summed E-state index contributed by atoms with van der Waals surface area (Å²) in [4.78, 5) is 97.8. The van der Waals surface area contributed by atoms with Crippen LogP contribution in [0.1, 0.15) is 81.7 Å². The molecule has 3 atom stereocenters. The van der Waals surface area contributed by atoms with Crippen LogP contribution in [-0.2, 0) is 20.6 Å². The fourth-order valence-electron chi connectivity index (χ4n) is 8.12. The zero-order valence-electron chi connectivity index (χ0n) is 32.9. The van der Waals surface area contributed by atoms with Crippen LogP contribution in [0.2, 0.25) is 0 Å². The lowest BCUT2D eigenvalue weighted by molar-refractivity contribution is -0.138. The molecule has 4 N–H and O–H groups in total. The van der Waals surface area contributed by atoms with Gasteiger partial charge in [-0.3, -0.25) is 48.7 Å². The highest BCUT2D eigenvalue weighted by atomic mass is 19.4. The number of hydrogen-bond donors (Lipinski definition) is 4. The number of hydrogen-bond acceptors (Lipinski definition) is 10. The number of halogens is 4. The number of rotatable bonds is 9. The van der Waals surface area contributed by atoms with Crippen LogP contribution in [0.4, 0.5) is 34.6 Å². The number of piperidine rings is 1. The first-order valence-corrected chi connectivity index (χ1v) is 19.4. The van der Waals surface area contributed by atoms with Crippen molar-refractivity contribution >= 4 is 58.1 Å². The quantitative estimate of drug-likeness (QED) is 0.183. The van der Waals surface area contributed by atoms with Gasteiger partial charge >= 0.3 is 6.18 Å². The minimum atomic E-state index is -5.01. The van der Waals surface area contributed by atoms with E-state index in [1.165, 1.54) is 18.2 Å². The molecule has 1 unspecified atom stereocenters. The molecule has 4 aliphatic heterocycles. The summed E-state index contributed by atoms with van der Waals surface area (Å²) in [5.41, 5.74) is -1.87. The van der Waals surface area contributed by atoms with Gasteiger partial charge in [-0.25, -0.2) is 4.39 Å². The predicted molar refractivity (Wildman–Crippen MR) is 211 cm³/mol. The van der Waals surface area contributed by atoms with E-state index < -0.39 is 64.3 Å². The van der Waals surface area contributed by atoms with E-state index in [4.69, 9.17) is 0 Å². The van der Waals surface area contributed by atoms with Crippen molar-refractivity contribution in [1.29, 1.82) is 0 Å². The largest absolute Gasteiger partial charge is 0.417 e. The molecule has 60 heavy (non-hydrogen) atoms. The lowest BCUT2D eigenvalue weighted by atomic mass is 9.96. The third kappa shape index (κ3) is 8.12. The molecule has 0 spiro atoms. The van der Waals surface area contributed by atoms with Crippen molar-refractivity contribution in [3.05, 3.63) is 92.7 Å². The first kappa shape index (κ1) is 41.8. The van der Waals surface area contributed by atoms with Gasteiger partial charge in [0.1, 0.15) is 11.9 Å². The second-order valence-electron chi connectivity index (χ2n) is 15.4. The zero-order chi connectivity index (χ0) is 43.2. The van der Waals surface area contributed by atoms with E-state index >= 15 is 4.39 Å². The Labute approximate surface area is 340 Å². The second-order valence-corrected chi connectivity index (χ2v) is 15.4. The average Bonchev–Trinajstić information content (AvgIpc) is 3.45. The SMILES string of the molecule is C[C@@H]1CN(c2cc(F)c(C3=CCN(C(=O)CCNc4cccc5c4C(=O)N(C4CCC(=O)NC4=O)C5=O)CC3)cc2NC(=O)c2c[nH]c(=O)cc2C(F)(F)F)C[C@H](C)N1C. The Hall–Kier alpha value is -6.37. The van der Waals surface area contributed by atoms with Gasteiger partial charge in [-0.15, -0.1) is 0 Å². The van der Waals surface area contributed by atoms with Crippen molar-refractivity contribution in [3.63, 3.8) is 0 Å². The van der Waals surface area contributed by atoms with Gasteiger partial charge in [-0.1, -0.05) is 12.1 Å². The Morgan fingerprint density at radius 3 is 2.33 bits per heavy atom. The van der Waals surface area contributed by atoms with E-state index in [1.807, 2.05) is 25.8 Å². The Bertz CT molecular complexity index is 2390.